The summed E-state index contributed by atoms with van der Waals surface area (Å²) in [6.07, 6.45) is -2.88. The lowest BCUT2D eigenvalue weighted by molar-refractivity contribution is -0.156. The van der Waals surface area contributed by atoms with Gasteiger partial charge in [0.05, 0.1) is 5.92 Å². The third-order valence-electron chi connectivity index (χ3n) is 1.10. The number of hydrogen-bond acceptors (Lipinski definition) is 0. The second kappa shape index (κ2) is 3.08. The van der Waals surface area contributed by atoms with Crippen molar-refractivity contribution in [2.75, 3.05) is 0 Å². The van der Waals surface area contributed by atoms with E-state index in [4.69, 9.17) is 0 Å². The van der Waals surface area contributed by atoms with Crippen LogP contribution in [0.1, 0.15) is 20.8 Å². The van der Waals surface area contributed by atoms with Crippen LogP contribution in [0.4, 0.5) is 13.2 Å². The molecule has 0 bridgehead atoms. The van der Waals surface area contributed by atoms with E-state index in [2.05, 4.69) is 0 Å². The smallest absolute Gasteiger partial charge is 0.170 e. The molecule has 0 aliphatic carbocycles. The highest BCUT2D eigenvalue weighted by molar-refractivity contribution is 4.98. The van der Waals surface area contributed by atoms with E-state index in [9.17, 15) is 13.2 Å². The maximum absolute atomic E-state index is 11.8. The highest BCUT2D eigenvalue weighted by atomic mass is 19.4. The van der Waals surface area contributed by atoms with Crippen LogP contribution >= 0.6 is 0 Å². The van der Waals surface area contributed by atoms with Crippen LogP contribution in [0.25, 0.3) is 0 Å². The first-order valence-corrected chi connectivity index (χ1v) is 3.05. The second-order valence-electron chi connectivity index (χ2n) is 2.57. The molecule has 60 valence electrons. The molecule has 1 atom stereocenters. The van der Waals surface area contributed by atoms with Crippen molar-refractivity contribution in [2.24, 2.45) is 5.92 Å². The summed E-state index contributed by atoms with van der Waals surface area (Å²) >= 11 is 0. The van der Waals surface area contributed by atoms with Gasteiger partial charge in [-0.05, 0) is 13.8 Å². The first-order chi connectivity index (χ1) is 4.34. The Bertz CT molecular complexity index is 128. The molecule has 0 nitrogen and oxygen atoms in total. The predicted molar refractivity (Wildman–Crippen MR) is 34.6 cm³/mol. The zero-order chi connectivity index (χ0) is 8.36. The van der Waals surface area contributed by atoms with Crippen LogP contribution in [0.5, 0.6) is 0 Å². The summed E-state index contributed by atoms with van der Waals surface area (Å²) in [5, 5.41) is 0. The molecule has 0 N–H and O–H groups in total. The summed E-state index contributed by atoms with van der Waals surface area (Å²) in [7, 11) is 0. The number of allylic oxidation sites excluding steroid dienone is 2. The van der Waals surface area contributed by atoms with Gasteiger partial charge in [0.15, 0.2) is 0 Å². The van der Waals surface area contributed by atoms with Crippen LogP contribution in [0.15, 0.2) is 11.6 Å². The lowest BCUT2D eigenvalue weighted by Crippen LogP contribution is -2.17. The first-order valence-electron chi connectivity index (χ1n) is 3.05. The Balaban J connectivity index is 4.11. The molecule has 0 aromatic heterocycles. The minimum atomic E-state index is -4.09. The van der Waals surface area contributed by atoms with Crippen molar-refractivity contribution in [3.8, 4) is 0 Å². The Morgan fingerprint density at radius 3 is 1.80 bits per heavy atom. The molecular weight excluding hydrogens is 141 g/mol. The zero-order valence-corrected chi connectivity index (χ0v) is 6.29. The Morgan fingerprint density at radius 2 is 1.70 bits per heavy atom. The Hall–Kier alpha value is -0.470. The molecule has 0 spiro atoms. The van der Waals surface area contributed by atoms with E-state index < -0.39 is 12.1 Å². The average Bonchev–Trinajstić information content (AvgIpc) is 1.60. The molecule has 0 radical (unpaired) electrons. The fraction of sp³-hybridized carbons (Fsp3) is 0.714. The minimum absolute atomic E-state index is 0.699. The van der Waals surface area contributed by atoms with Crippen molar-refractivity contribution in [1.82, 2.24) is 0 Å². The maximum atomic E-state index is 11.8. The van der Waals surface area contributed by atoms with Gasteiger partial charge in [0.1, 0.15) is 0 Å². The number of alkyl halides is 3. The van der Waals surface area contributed by atoms with E-state index >= 15 is 0 Å². The van der Waals surface area contributed by atoms with Gasteiger partial charge in [0, 0.05) is 0 Å². The summed E-state index contributed by atoms with van der Waals surface area (Å²) in [5.41, 5.74) is 0.699. The molecule has 0 amide bonds. The zero-order valence-electron chi connectivity index (χ0n) is 6.29. The molecule has 0 aromatic carbocycles. The van der Waals surface area contributed by atoms with Crippen molar-refractivity contribution in [3.63, 3.8) is 0 Å². The van der Waals surface area contributed by atoms with Gasteiger partial charge in [-0.3, -0.25) is 0 Å². The minimum Gasteiger partial charge on any atom is -0.170 e. The summed E-state index contributed by atoms with van der Waals surface area (Å²) < 4.78 is 35.3. The third-order valence-corrected chi connectivity index (χ3v) is 1.10. The molecule has 0 rings (SSSR count). The molecule has 10 heavy (non-hydrogen) atoms. The predicted octanol–water partition coefficient (Wildman–Crippen LogP) is 3.15. The van der Waals surface area contributed by atoms with Crippen molar-refractivity contribution >= 4 is 0 Å². The molecule has 0 aliphatic rings. The fourth-order valence-electron chi connectivity index (χ4n) is 0.594. The van der Waals surface area contributed by atoms with Gasteiger partial charge in [0.25, 0.3) is 0 Å². The molecule has 1 unspecified atom stereocenters. The summed E-state index contributed by atoms with van der Waals surface area (Å²) in [6, 6.07) is 0. The molecule has 3 heteroatoms. The molecule has 0 saturated carbocycles. The topological polar surface area (TPSA) is 0 Å². The molecule has 0 aliphatic heterocycles. The van der Waals surface area contributed by atoms with Crippen molar-refractivity contribution < 1.29 is 13.2 Å². The maximum Gasteiger partial charge on any atom is 0.394 e. The van der Waals surface area contributed by atoms with Crippen LogP contribution in [0, 0.1) is 5.92 Å². The summed E-state index contributed by atoms with van der Waals surface area (Å²) in [6.45, 7) is 4.46. The molecule has 0 saturated heterocycles. The van der Waals surface area contributed by atoms with Crippen LogP contribution < -0.4 is 0 Å². The standard InChI is InChI=1S/C7H11F3/c1-5(2)4-6(3)7(8,9)10/h4,6H,1-3H3. The number of rotatable bonds is 1. The molecular formula is C7H11F3. The normalized spacial score (nSPS) is 14.6. The lowest BCUT2D eigenvalue weighted by atomic mass is 10.1. The quantitative estimate of drug-likeness (QED) is 0.506. The van der Waals surface area contributed by atoms with Gasteiger partial charge in [-0.15, -0.1) is 0 Å². The highest BCUT2D eigenvalue weighted by Gasteiger charge is 2.33. The van der Waals surface area contributed by atoms with E-state index in [1.165, 1.54) is 6.08 Å². The van der Waals surface area contributed by atoms with Crippen LogP contribution in [-0.4, -0.2) is 6.18 Å². The number of halogens is 3. The van der Waals surface area contributed by atoms with Crippen LogP contribution in [-0.2, 0) is 0 Å². The van der Waals surface area contributed by atoms with E-state index in [0.717, 1.165) is 6.92 Å². The molecule has 0 fully saturated rings. The van der Waals surface area contributed by atoms with Gasteiger partial charge in [-0.2, -0.15) is 13.2 Å². The first kappa shape index (κ1) is 9.53. The Labute approximate surface area is 58.7 Å². The van der Waals surface area contributed by atoms with Gasteiger partial charge >= 0.3 is 6.18 Å². The van der Waals surface area contributed by atoms with E-state index in [1.54, 1.807) is 13.8 Å². The van der Waals surface area contributed by atoms with Crippen molar-refractivity contribution in [3.05, 3.63) is 11.6 Å². The number of hydrogen-bond donors (Lipinski definition) is 0. The van der Waals surface area contributed by atoms with E-state index in [-0.39, 0.29) is 0 Å². The van der Waals surface area contributed by atoms with Crippen LogP contribution in [0.3, 0.4) is 0 Å². The van der Waals surface area contributed by atoms with Crippen molar-refractivity contribution in [2.45, 2.75) is 26.9 Å². The van der Waals surface area contributed by atoms with E-state index in [1.807, 2.05) is 0 Å². The van der Waals surface area contributed by atoms with Crippen LogP contribution in [0.2, 0.25) is 0 Å². The van der Waals surface area contributed by atoms with Gasteiger partial charge in [-0.1, -0.05) is 18.6 Å². The second-order valence-corrected chi connectivity index (χ2v) is 2.57. The Kier molecular flexibility index (Phi) is 2.94. The molecule has 0 aromatic rings. The summed E-state index contributed by atoms with van der Waals surface area (Å²) in [4.78, 5) is 0. The SMILES string of the molecule is CC(C)=CC(C)C(F)(F)F. The highest BCUT2D eigenvalue weighted by Crippen LogP contribution is 2.27. The Morgan fingerprint density at radius 1 is 1.30 bits per heavy atom. The van der Waals surface area contributed by atoms with E-state index in [0.29, 0.717) is 5.57 Å². The lowest BCUT2D eigenvalue weighted by Gasteiger charge is -2.11. The monoisotopic (exact) mass is 152 g/mol. The largest absolute Gasteiger partial charge is 0.394 e. The molecule has 0 heterocycles. The third kappa shape index (κ3) is 3.54. The fourth-order valence-corrected chi connectivity index (χ4v) is 0.594. The van der Waals surface area contributed by atoms with Gasteiger partial charge in [-0.25, -0.2) is 0 Å². The van der Waals surface area contributed by atoms with Crippen molar-refractivity contribution in [1.29, 1.82) is 0 Å². The van der Waals surface area contributed by atoms with Gasteiger partial charge < -0.3 is 0 Å². The average molecular weight is 152 g/mol. The van der Waals surface area contributed by atoms with Gasteiger partial charge in [0.2, 0.25) is 0 Å². The summed E-state index contributed by atoms with van der Waals surface area (Å²) in [5.74, 6) is -1.32.